The van der Waals surface area contributed by atoms with Gasteiger partial charge in [0.2, 0.25) is 0 Å². The third-order valence-electron chi connectivity index (χ3n) is 4.80. The average molecular weight is 239 g/mol. The number of hydrogen-bond acceptors (Lipinski definition) is 3. The molecular formula is C14H29N3. The molecule has 2 aliphatic rings. The van der Waals surface area contributed by atoms with E-state index in [1.165, 1.54) is 45.7 Å². The van der Waals surface area contributed by atoms with Gasteiger partial charge in [-0.25, -0.2) is 0 Å². The minimum Gasteiger partial charge on any atom is -0.305 e. The van der Waals surface area contributed by atoms with Crippen LogP contribution >= 0.6 is 0 Å². The van der Waals surface area contributed by atoms with Crippen LogP contribution in [0.15, 0.2) is 0 Å². The lowest BCUT2D eigenvalue weighted by atomic mass is 9.97. The minimum atomic E-state index is 0.794. The summed E-state index contributed by atoms with van der Waals surface area (Å²) in [4.78, 5) is 7.67. The maximum atomic E-state index is 2.61. The van der Waals surface area contributed by atoms with Gasteiger partial charge in [0.15, 0.2) is 0 Å². The Morgan fingerprint density at radius 1 is 1.24 bits per heavy atom. The Kier molecular flexibility index (Phi) is 4.45. The monoisotopic (exact) mass is 239 g/mol. The van der Waals surface area contributed by atoms with Crippen molar-refractivity contribution in [2.24, 2.45) is 11.8 Å². The van der Waals surface area contributed by atoms with Gasteiger partial charge in [-0.15, -0.1) is 0 Å². The van der Waals surface area contributed by atoms with Crippen molar-refractivity contribution in [2.75, 3.05) is 53.4 Å². The lowest BCUT2D eigenvalue weighted by Crippen LogP contribution is -2.38. The molecule has 0 aromatic carbocycles. The zero-order valence-electron chi connectivity index (χ0n) is 12.0. The van der Waals surface area contributed by atoms with Crippen molar-refractivity contribution in [3.05, 3.63) is 0 Å². The minimum absolute atomic E-state index is 0.794. The summed E-state index contributed by atoms with van der Waals surface area (Å²) in [6.07, 6.45) is 1.35. The first kappa shape index (κ1) is 13.3. The van der Waals surface area contributed by atoms with Crippen LogP contribution in [0.5, 0.6) is 0 Å². The van der Waals surface area contributed by atoms with Gasteiger partial charge in [-0.1, -0.05) is 13.8 Å². The third-order valence-corrected chi connectivity index (χ3v) is 4.80. The van der Waals surface area contributed by atoms with Crippen LogP contribution in [0.25, 0.3) is 0 Å². The summed E-state index contributed by atoms with van der Waals surface area (Å²) >= 11 is 0. The molecular weight excluding hydrogens is 210 g/mol. The fourth-order valence-electron chi connectivity index (χ4n) is 3.43. The molecule has 0 aliphatic carbocycles. The first-order valence-corrected chi connectivity index (χ1v) is 7.21. The van der Waals surface area contributed by atoms with Gasteiger partial charge >= 0.3 is 0 Å². The summed E-state index contributed by atoms with van der Waals surface area (Å²) in [7, 11) is 4.57. The van der Waals surface area contributed by atoms with Crippen molar-refractivity contribution >= 4 is 0 Å². The van der Waals surface area contributed by atoms with Crippen LogP contribution in [0, 0.1) is 11.8 Å². The number of hydrogen-bond donors (Lipinski definition) is 0. The summed E-state index contributed by atoms with van der Waals surface area (Å²) in [5, 5.41) is 0. The second-order valence-corrected chi connectivity index (χ2v) is 6.23. The number of rotatable bonds is 4. The van der Waals surface area contributed by atoms with Crippen LogP contribution in [-0.4, -0.2) is 74.1 Å². The molecule has 0 spiro atoms. The van der Waals surface area contributed by atoms with E-state index in [4.69, 9.17) is 0 Å². The molecule has 17 heavy (non-hydrogen) atoms. The van der Waals surface area contributed by atoms with Gasteiger partial charge in [0, 0.05) is 32.2 Å². The van der Waals surface area contributed by atoms with E-state index in [0.29, 0.717) is 0 Å². The summed E-state index contributed by atoms with van der Waals surface area (Å²) < 4.78 is 0. The molecule has 100 valence electrons. The molecule has 2 saturated heterocycles. The van der Waals surface area contributed by atoms with Crippen LogP contribution in [0.3, 0.4) is 0 Å². The Morgan fingerprint density at radius 3 is 2.53 bits per heavy atom. The molecule has 0 amide bonds. The maximum Gasteiger partial charge on any atom is 0.0232 e. The molecule has 2 aliphatic heterocycles. The Morgan fingerprint density at radius 2 is 2.00 bits per heavy atom. The van der Waals surface area contributed by atoms with Crippen LogP contribution in [0.1, 0.15) is 20.3 Å². The largest absolute Gasteiger partial charge is 0.305 e. The van der Waals surface area contributed by atoms with E-state index in [-0.39, 0.29) is 0 Å². The van der Waals surface area contributed by atoms with Crippen LogP contribution in [-0.2, 0) is 0 Å². The van der Waals surface area contributed by atoms with Crippen molar-refractivity contribution in [3.8, 4) is 0 Å². The molecule has 0 radical (unpaired) electrons. The fraction of sp³-hybridized carbons (Fsp3) is 1.00. The standard InChI is InChI=1S/C14H29N3/c1-5-17-8-12(2)13(10-17)9-16(4)14-6-7-15(3)11-14/h12-14H,5-11H2,1-4H3/t12-,13?,14?/m1/s1. The van der Waals surface area contributed by atoms with Crippen molar-refractivity contribution in [1.29, 1.82) is 0 Å². The first-order valence-electron chi connectivity index (χ1n) is 7.21. The van der Waals surface area contributed by atoms with Gasteiger partial charge in [-0.2, -0.15) is 0 Å². The lowest BCUT2D eigenvalue weighted by molar-refractivity contribution is 0.194. The Balaban J connectivity index is 1.80. The highest BCUT2D eigenvalue weighted by molar-refractivity contribution is 4.86. The van der Waals surface area contributed by atoms with E-state index in [9.17, 15) is 0 Å². The summed E-state index contributed by atoms with van der Waals surface area (Å²) in [5.41, 5.74) is 0. The highest BCUT2D eigenvalue weighted by Crippen LogP contribution is 2.24. The summed E-state index contributed by atoms with van der Waals surface area (Å²) in [5.74, 6) is 1.75. The van der Waals surface area contributed by atoms with Crippen LogP contribution in [0.4, 0.5) is 0 Å². The number of likely N-dealkylation sites (tertiary alicyclic amines) is 2. The highest BCUT2D eigenvalue weighted by Gasteiger charge is 2.31. The quantitative estimate of drug-likeness (QED) is 0.730. The molecule has 2 fully saturated rings. The summed E-state index contributed by atoms with van der Waals surface area (Å²) in [6, 6.07) is 0.794. The molecule has 2 rings (SSSR count). The first-order chi connectivity index (χ1) is 8.10. The van der Waals surface area contributed by atoms with E-state index in [1.54, 1.807) is 0 Å². The van der Waals surface area contributed by atoms with Crippen LogP contribution < -0.4 is 0 Å². The van der Waals surface area contributed by atoms with Gasteiger partial charge in [0.1, 0.15) is 0 Å². The predicted molar refractivity (Wildman–Crippen MR) is 73.3 cm³/mol. The van der Waals surface area contributed by atoms with E-state index in [1.807, 2.05) is 0 Å². The normalized spacial score (nSPS) is 36.2. The highest BCUT2D eigenvalue weighted by atomic mass is 15.2. The summed E-state index contributed by atoms with van der Waals surface area (Å²) in [6.45, 7) is 12.4. The number of likely N-dealkylation sites (N-methyl/N-ethyl adjacent to an activating group) is 2. The van der Waals surface area contributed by atoms with Crippen molar-refractivity contribution < 1.29 is 0 Å². The van der Waals surface area contributed by atoms with Gasteiger partial charge in [0.25, 0.3) is 0 Å². The maximum absolute atomic E-state index is 2.61. The van der Waals surface area contributed by atoms with E-state index in [2.05, 4.69) is 42.6 Å². The van der Waals surface area contributed by atoms with Gasteiger partial charge in [0.05, 0.1) is 0 Å². The molecule has 0 N–H and O–H groups in total. The Labute approximate surface area is 107 Å². The molecule has 0 saturated carbocycles. The molecule has 2 heterocycles. The van der Waals surface area contributed by atoms with Gasteiger partial charge in [-0.05, 0) is 45.4 Å². The third kappa shape index (κ3) is 3.21. The van der Waals surface area contributed by atoms with E-state index in [0.717, 1.165) is 17.9 Å². The van der Waals surface area contributed by atoms with Crippen molar-refractivity contribution in [1.82, 2.24) is 14.7 Å². The second kappa shape index (κ2) is 5.68. The molecule has 0 aromatic heterocycles. The van der Waals surface area contributed by atoms with E-state index >= 15 is 0 Å². The SMILES string of the molecule is CCN1CC(CN(C)C2CCN(C)C2)[C@H](C)C1. The van der Waals surface area contributed by atoms with Gasteiger partial charge < -0.3 is 14.7 Å². The zero-order chi connectivity index (χ0) is 12.4. The topological polar surface area (TPSA) is 9.72 Å². The number of nitrogens with zero attached hydrogens (tertiary/aromatic N) is 3. The molecule has 0 bridgehead atoms. The fourth-order valence-corrected chi connectivity index (χ4v) is 3.43. The second-order valence-electron chi connectivity index (χ2n) is 6.23. The Bertz CT molecular complexity index is 244. The van der Waals surface area contributed by atoms with Crippen molar-refractivity contribution in [3.63, 3.8) is 0 Å². The molecule has 3 heteroatoms. The molecule has 3 nitrogen and oxygen atoms in total. The molecule has 0 aromatic rings. The smallest absolute Gasteiger partial charge is 0.0232 e. The van der Waals surface area contributed by atoms with Crippen molar-refractivity contribution in [2.45, 2.75) is 26.3 Å². The molecule has 2 unspecified atom stereocenters. The van der Waals surface area contributed by atoms with E-state index < -0.39 is 0 Å². The van der Waals surface area contributed by atoms with Crippen LogP contribution in [0.2, 0.25) is 0 Å². The Hall–Kier alpha value is -0.120. The average Bonchev–Trinajstić information content (AvgIpc) is 2.86. The zero-order valence-corrected chi connectivity index (χ0v) is 12.0. The lowest BCUT2D eigenvalue weighted by Gasteiger charge is -2.28. The predicted octanol–water partition coefficient (Wildman–Crippen LogP) is 1.21. The van der Waals surface area contributed by atoms with Gasteiger partial charge in [-0.3, -0.25) is 0 Å². The molecule has 3 atom stereocenters.